The third-order valence-corrected chi connectivity index (χ3v) is 6.36. The van der Waals surface area contributed by atoms with Crippen molar-refractivity contribution >= 4 is 11.8 Å². The van der Waals surface area contributed by atoms with Crippen LogP contribution in [-0.4, -0.2) is 17.9 Å². The van der Waals surface area contributed by atoms with E-state index in [0.29, 0.717) is 24.5 Å². The predicted molar refractivity (Wildman–Crippen MR) is 87.7 cm³/mol. The summed E-state index contributed by atoms with van der Waals surface area (Å²) in [5, 5.41) is 0. The fourth-order valence-corrected chi connectivity index (χ4v) is 5.21. The van der Waals surface area contributed by atoms with Crippen molar-refractivity contribution in [1.29, 1.82) is 0 Å². The lowest BCUT2D eigenvalue weighted by Crippen LogP contribution is -2.37. The summed E-state index contributed by atoms with van der Waals surface area (Å²) in [7, 11) is 0. The molecule has 3 atom stereocenters. The number of fused-ring (bicyclic) bond motifs is 3. The van der Waals surface area contributed by atoms with Gasteiger partial charge in [-0.05, 0) is 49.2 Å². The van der Waals surface area contributed by atoms with Crippen LogP contribution in [0.1, 0.15) is 58.8 Å². The second-order valence-corrected chi connectivity index (χ2v) is 7.66. The minimum atomic E-state index is -0.176. The highest BCUT2D eigenvalue weighted by molar-refractivity contribution is 5.84. The van der Waals surface area contributed by atoms with Gasteiger partial charge in [-0.15, -0.1) is 0 Å². The Morgan fingerprint density at radius 1 is 1.22 bits per heavy atom. The zero-order valence-electron chi connectivity index (χ0n) is 14.0. The molecule has 0 heterocycles. The van der Waals surface area contributed by atoms with E-state index in [-0.39, 0.29) is 17.5 Å². The Morgan fingerprint density at radius 3 is 2.83 bits per heavy atom. The van der Waals surface area contributed by atoms with E-state index in [0.717, 1.165) is 32.1 Å². The number of rotatable bonds is 1. The number of Topliss-reactive ketones (excluding diaryl/α,β-unsaturated/α-hetero) is 1. The fraction of sp³-hybridized carbons (Fsp3) is 0.600. The molecule has 0 saturated heterocycles. The molecule has 0 radical (unpaired) electrons. The quantitative estimate of drug-likeness (QED) is 0.686. The van der Waals surface area contributed by atoms with E-state index in [1.807, 2.05) is 0 Å². The average Bonchev–Trinajstić information content (AvgIpc) is 2.83. The van der Waals surface area contributed by atoms with Crippen molar-refractivity contribution in [3.63, 3.8) is 0 Å². The summed E-state index contributed by atoms with van der Waals surface area (Å²) in [5.41, 5.74) is 5.72. The normalized spacial score (nSPS) is 35.8. The van der Waals surface area contributed by atoms with E-state index in [1.54, 1.807) is 5.57 Å². The smallest absolute Gasteiger partial charge is 0.302 e. The molecule has 0 amide bonds. The Balaban J connectivity index is 1.69. The lowest BCUT2D eigenvalue weighted by atomic mass is 9.64. The second-order valence-electron chi connectivity index (χ2n) is 7.66. The van der Waals surface area contributed by atoms with E-state index >= 15 is 0 Å². The van der Waals surface area contributed by atoms with Gasteiger partial charge >= 0.3 is 5.97 Å². The number of esters is 1. The van der Waals surface area contributed by atoms with Crippen LogP contribution in [0, 0.1) is 11.3 Å². The van der Waals surface area contributed by atoms with Gasteiger partial charge in [0.15, 0.2) is 0 Å². The molecule has 122 valence electrons. The minimum absolute atomic E-state index is 0.00129. The Labute approximate surface area is 137 Å². The first kappa shape index (κ1) is 14.9. The number of carbonyl (C=O) groups is 2. The summed E-state index contributed by atoms with van der Waals surface area (Å²) in [6.07, 6.45) is 11.0. The molecule has 1 saturated carbocycles. The molecular formula is C20H24O3. The van der Waals surface area contributed by atoms with Crippen molar-refractivity contribution in [2.75, 3.05) is 0 Å². The van der Waals surface area contributed by atoms with Crippen LogP contribution in [0.15, 0.2) is 34.4 Å². The van der Waals surface area contributed by atoms with Gasteiger partial charge in [0.2, 0.25) is 0 Å². The highest BCUT2D eigenvalue weighted by Crippen LogP contribution is 2.56. The maximum atomic E-state index is 11.7. The fourth-order valence-electron chi connectivity index (χ4n) is 5.21. The van der Waals surface area contributed by atoms with Crippen LogP contribution in [0.4, 0.5) is 0 Å². The molecule has 4 aliphatic carbocycles. The van der Waals surface area contributed by atoms with E-state index in [2.05, 4.69) is 19.1 Å². The molecule has 23 heavy (non-hydrogen) atoms. The molecule has 3 nitrogen and oxygen atoms in total. The Bertz CT molecular complexity index is 679. The molecule has 4 rings (SSSR count). The van der Waals surface area contributed by atoms with Gasteiger partial charge in [0.1, 0.15) is 11.9 Å². The van der Waals surface area contributed by atoms with Crippen molar-refractivity contribution < 1.29 is 14.3 Å². The van der Waals surface area contributed by atoms with Crippen molar-refractivity contribution in [1.82, 2.24) is 0 Å². The van der Waals surface area contributed by atoms with Gasteiger partial charge in [-0.2, -0.15) is 0 Å². The maximum absolute atomic E-state index is 11.7. The highest BCUT2D eigenvalue weighted by atomic mass is 16.5. The lowest BCUT2D eigenvalue weighted by Gasteiger charge is -2.41. The average molecular weight is 312 g/mol. The molecule has 0 spiro atoms. The number of ether oxygens (including phenoxy) is 1. The number of ketones is 1. The molecule has 0 aliphatic heterocycles. The van der Waals surface area contributed by atoms with Crippen LogP contribution in [0.2, 0.25) is 0 Å². The van der Waals surface area contributed by atoms with Crippen LogP contribution < -0.4 is 0 Å². The van der Waals surface area contributed by atoms with E-state index in [1.165, 1.54) is 23.6 Å². The first-order valence-corrected chi connectivity index (χ1v) is 8.81. The standard InChI is InChI=1S/C20H24O3/c1-12(21)23-19-8-7-18-17-5-3-13-11-14(22)4-6-15(13)16(17)9-10-20(18,19)2/h9-10,18-19H,3-8,11H2,1-2H3/t18?,19-,20-/m0/s1. The Hall–Kier alpha value is -1.64. The van der Waals surface area contributed by atoms with Gasteiger partial charge in [-0.3, -0.25) is 9.59 Å². The SMILES string of the molecule is CC(=O)O[C@H]1CCC2C3=C(C=C[C@@]21C)C1=C(CC3)CC(=O)CC1. The summed E-state index contributed by atoms with van der Waals surface area (Å²) < 4.78 is 5.61. The summed E-state index contributed by atoms with van der Waals surface area (Å²) in [5.74, 6) is 0.705. The van der Waals surface area contributed by atoms with Crippen LogP contribution in [0.3, 0.4) is 0 Å². The number of hydrogen-bond donors (Lipinski definition) is 0. The monoisotopic (exact) mass is 312 g/mol. The van der Waals surface area contributed by atoms with E-state index < -0.39 is 0 Å². The summed E-state index contributed by atoms with van der Waals surface area (Å²) >= 11 is 0. The third kappa shape index (κ3) is 2.24. The molecular weight excluding hydrogens is 288 g/mol. The Kier molecular flexibility index (Phi) is 3.36. The van der Waals surface area contributed by atoms with Crippen molar-refractivity contribution in [3.05, 3.63) is 34.4 Å². The van der Waals surface area contributed by atoms with Crippen LogP contribution in [-0.2, 0) is 14.3 Å². The number of hydrogen-bond acceptors (Lipinski definition) is 3. The van der Waals surface area contributed by atoms with Crippen LogP contribution in [0.5, 0.6) is 0 Å². The molecule has 0 aromatic heterocycles. The number of carbonyl (C=O) groups excluding carboxylic acids is 2. The van der Waals surface area contributed by atoms with Gasteiger partial charge < -0.3 is 4.74 Å². The molecule has 0 aromatic rings. The van der Waals surface area contributed by atoms with Gasteiger partial charge in [0.05, 0.1) is 0 Å². The molecule has 0 N–H and O–H groups in total. The molecule has 4 aliphatic rings. The summed E-state index contributed by atoms with van der Waals surface area (Å²) in [4.78, 5) is 23.2. The van der Waals surface area contributed by atoms with Gasteiger partial charge in [-0.1, -0.05) is 30.2 Å². The van der Waals surface area contributed by atoms with Crippen molar-refractivity contribution in [2.24, 2.45) is 11.3 Å². The zero-order valence-corrected chi connectivity index (χ0v) is 14.0. The predicted octanol–water partition coefficient (Wildman–Crippen LogP) is 4.04. The third-order valence-electron chi connectivity index (χ3n) is 6.36. The largest absolute Gasteiger partial charge is 0.462 e. The van der Waals surface area contributed by atoms with Crippen molar-refractivity contribution in [3.8, 4) is 0 Å². The lowest BCUT2D eigenvalue weighted by molar-refractivity contribution is -0.150. The van der Waals surface area contributed by atoms with Gasteiger partial charge in [0.25, 0.3) is 0 Å². The van der Waals surface area contributed by atoms with Gasteiger partial charge in [0, 0.05) is 25.2 Å². The van der Waals surface area contributed by atoms with Gasteiger partial charge in [-0.25, -0.2) is 0 Å². The van der Waals surface area contributed by atoms with E-state index in [4.69, 9.17) is 4.74 Å². The van der Waals surface area contributed by atoms with E-state index in [9.17, 15) is 9.59 Å². The second kappa shape index (κ2) is 5.19. The van der Waals surface area contributed by atoms with Crippen LogP contribution >= 0.6 is 0 Å². The minimum Gasteiger partial charge on any atom is -0.462 e. The Morgan fingerprint density at radius 2 is 2.04 bits per heavy atom. The molecule has 3 heteroatoms. The summed E-state index contributed by atoms with van der Waals surface area (Å²) in [6, 6.07) is 0. The summed E-state index contributed by atoms with van der Waals surface area (Å²) in [6.45, 7) is 3.75. The molecule has 0 bridgehead atoms. The highest BCUT2D eigenvalue weighted by Gasteiger charge is 2.50. The number of allylic oxidation sites excluding steroid dienone is 5. The molecule has 1 fully saturated rings. The van der Waals surface area contributed by atoms with Crippen LogP contribution in [0.25, 0.3) is 0 Å². The first-order valence-electron chi connectivity index (χ1n) is 8.81. The zero-order chi connectivity index (χ0) is 16.2. The maximum Gasteiger partial charge on any atom is 0.302 e. The topological polar surface area (TPSA) is 43.4 Å². The molecule has 0 aromatic carbocycles. The molecule has 1 unspecified atom stereocenters. The van der Waals surface area contributed by atoms with Crippen molar-refractivity contribution in [2.45, 2.75) is 64.9 Å². The first-order chi connectivity index (χ1) is 11.0.